The molecule has 0 saturated carbocycles. The van der Waals surface area contributed by atoms with Crippen molar-refractivity contribution in [3.63, 3.8) is 0 Å². The molecule has 154 valence electrons. The first-order valence-electron chi connectivity index (χ1n) is 9.32. The highest BCUT2D eigenvalue weighted by atomic mass is 19.2. The van der Waals surface area contributed by atoms with Crippen molar-refractivity contribution in [3.8, 4) is 17.6 Å². The van der Waals surface area contributed by atoms with Crippen molar-refractivity contribution < 1.29 is 23.0 Å². The number of allylic oxidation sites excluding steroid dienone is 1. The molecule has 0 aromatic heterocycles. The van der Waals surface area contributed by atoms with Crippen molar-refractivity contribution in [1.29, 1.82) is 5.26 Å². The number of nitrogens with two attached hydrogens (primary N) is 1. The number of nitrogens with zero attached hydrogens (tertiary/aromatic N) is 1. The van der Waals surface area contributed by atoms with Gasteiger partial charge in [-0.3, -0.25) is 0 Å². The maximum atomic E-state index is 13.8. The summed E-state index contributed by atoms with van der Waals surface area (Å²) in [5.41, 5.74) is 8.15. The van der Waals surface area contributed by atoms with Gasteiger partial charge in [-0.1, -0.05) is 29.8 Å². The van der Waals surface area contributed by atoms with Gasteiger partial charge < -0.3 is 15.2 Å². The van der Waals surface area contributed by atoms with E-state index in [2.05, 4.69) is 0 Å². The van der Waals surface area contributed by atoms with Crippen LogP contribution in [0.4, 0.5) is 8.78 Å². The number of hydrogen-bond donors (Lipinski definition) is 1. The predicted octanol–water partition coefficient (Wildman–Crippen LogP) is 4.71. The fourth-order valence-corrected chi connectivity index (χ4v) is 3.47. The van der Waals surface area contributed by atoms with Crippen LogP contribution in [0.5, 0.6) is 11.5 Å². The van der Waals surface area contributed by atoms with Gasteiger partial charge in [0.1, 0.15) is 23.1 Å². The molecule has 1 atom stereocenters. The van der Waals surface area contributed by atoms with Crippen molar-refractivity contribution in [2.24, 2.45) is 5.73 Å². The first-order valence-corrected chi connectivity index (χ1v) is 9.32. The second kappa shape index (κ2) is 7.92. The van der Waals surface area contributed by atoms with Gasteiger partial charge in [-0.25, -0.2) is 13.6 Å². The van der Waals surface area contributed by atoms with Gasteiger partial charge in [0.2, 0.25) is 5.88 Å². The topological polar surface area (TPSA) is 85.3 Å². The molecule has 5 nitrogen and oxygen atoms in total. The average Bonchev–Trinajstić information content (AvgIpc) is 2.74. The highest BCUT2D eigenvalue weighted by molar-refractivity contribution is 5.91. The van der Waals surface area contributed by atoms with Gasteiger partial charge in [0.05, 0.1) is 11.5 Å². The van der Waals surface area contributed by atoms with Gasteiger partial charge in [0.15, 0.2) is 11.6 Å². The lowest BCUT2D eigenvalue weighted by Gasteiger charge is -2.26. The molecule has 1 aliphatic rings. The van der Waals surface area contributed by atoms with Gasteiger partial charge in [0.25, 0.3) is 0 Å². The number of fused-ring (bicyclic) bond motifs is 1. The highest BCUT2D eigenvalue weighted by Gasteiger charge is 2.31. The lowest BCUT2D eigenvalue weighted by molar-refractivity contribution is 0.0734. The van der Waals surface area contributed by atoms with Crippen LogP contribution in [0, 0.1) is 29.9 Å². The molecule has 0 radical (unpaired) electrons. The summed E-state index contributed by atoms with van der Waals surface area (Å²) in [4.78, 5) is 12.4. The van der Waals surface area contributed by atoms with E-state index >= 15 is 0 Å². The Morgan fingerprint density at radius 2 is 1.90 bits per heavy atom. The number of rotatable bonds is 3. The monoisotopic (exact) mass is 418 g/mol. The van der Waals surface area contributed by atoms with Crippen molar-refractivity contribution in [2.45, 2.75) is 12.8 Å². The molecule has 3 aromatic carbocycles. The Morgan fingerprint density at radius 1 is 1.10 bits per heavy atom. The zero-order valence-electron chi connectivity index (χ0n) is 16.4. The van der Waals surface area contributed by atoms with Crippen LogP contribution in [0.15, 0.2) is 72.1 Å². The van der Waals surface area contributed by atoms with Gasteiger partial charge in [-0.15, -0.1) is 0 Å². The standard InChI is InChI=1S/C24H16F2N2O3/c1-13-3-2-4-15(9-13)24(29)30-16-6-7-17-21(11-16)31-23(28)18(12-27)22(17)14-5-8-19(25)20(26)10-14/h2-11,22H,28H2,1H3. The van der Waals surface area contributed by atoms with Crippen LogP contribution in [0.2, 0.25) is 0 Å². The number of ether oxygens (including phenoxy) is 2. The Morgan fingerprint density at radius 3 is 2.61 bits per heavy atom. The lowest BCUT2D eigenvalue weighted by atomic mass is 9.83. The van der Waals surface area contributed by atoms with E-state index in [9.17, 15) is 18.8 Å². The quantitative estimate of drug-likeness (QED) is 0.492. The summed E-state index contributed by atoms with van der Waals surface area (Å²) in [5, 5.41) is 9.56. The van der Waals surface area contributed by atoms with Crippen LogP contribution in [-0.2, 0) is 0 Å². The number of carbonyl (C=O) groups excluding carboxylic acids is 1. The first-order chi connectivity index (χ1) is 14.9. The number of carbonyl (C=O) groups is 1. The minimum Gasteiger partial charge on any atom is -0.440 e. The summed E-state index contributed by atoms with van der Waals surface area (Å²) >= 11 is 0. The fourth-order valence-electron chi connectivity index (χ4n) is 3.47. The van der Waals surface area contributed by atoms with E-state index in [-0.39, 0.29) is 23.0 Å². The Kier molecular flexibility index (Phi) is 5.14. The van der Waals surface area contributed by atoms with E-state index in [4.69, 9.17) is 15.2 Å². The van der Waals surface area contributed by atoms with Crippen LogP contribution >= 0.6 is 0 Å². The minimum absolute atomic E-state index is 0.0722. The van der Waals surface area contributed by atoms with Gasteiger partial charge in [-0.05, 0) is 42.8 Å². The lowest BCUT2D eigenvalue weighted by Crippen LogP contribution is -2.21. The van der Waals surface area contributed by atoms with Gasteiger partial charge >= 0.3 is 5.97 Å². The van der Waals surface area contributed by atoms with E-state index in [1.165, 1.54) is 12.1 Å². The zero-order chi connectivity index (χ0) is 22.1. The number of benzene rings is 3. The third-order valence-electron chi connectivity index (χ3n) is 4.93. The number of nitriles is 1. The smallest absolute Gasteiger partial charge is 0.343 e. The molecule has 1 unspecified atom stereocenters. The number of aryl methyl sites for hydroxylation is 1. The molecule has 31 heavy (non-hydrogen) atoms. The molecule has 0 fully saturated rings. The number of halogens is 2. The SMILES string of the molecule is Cc1cccc(C(=O)Oc2ccc3c(c2)OC(N)=C(C#N)C3c2ccc(F)c(F)c2)c1. The predicted molar refractivity (Wildman–Crippen MR) is 108 cm³/mol. The van der Waals surface area contributed by atoms with Crippen LogP contribution in [0.1, 0.15) is 33.0 Å². The fraction of sp³-hybridized carbons (Fsp3) is 0.0833. The summed E-state index contributed by atoms with van der Waals surface area (Å²) in [5.74, 6) is -3.03. The molecular formula is C24H16F2N2O3. The third kappa shape index (κ3) is 3.83. The van der Waals surface area contributed by atoms with E-state index < -0.39 is 23.5 Å². The van der Waals surface area contributed by atoms with Gasteiger partial charge in [0, 0.05) is 11.6 Å². The van der Waals surface area contributed by atoms with Crippen LogP contribution < -0.4 is 15.2 Å². The molecule has 4 rings (SSSR count). The molecule has 0 saturated heterocycles. The van der Waals surface area contributed by atoms with Gasteiger partial charge in [-0.2, -0.15) is 5.26 Å². The van der Waals surface area contributed by atoms with E-state index in [1.54, 1.807) is 30.3 Å². The summed E-state index contributed by atoms with van der Waals surface area (Å²) in [7, 11) is 0. The number of esters is 1. The summed E-state index contributed by atoms with van der Waals surface area (Å²) in [6.45, 7) is 1.86. The van der Waals surface area contributed by atoms with Crippen LogP contribution in [0.3, 0.4) is 0 Å². The first kappa shape index (κ1) is 20.1. The molecule has 3 aromatic rings. The Balaban J connectivity index is 1.71. The molecule has 0 amide bonds. The third-order valence-corrected chi connectivity index (χ3v) is 4.93. The molecule has 0 spiro atoms. The Hall–Kier alpha value is -4.18. The largest absolute Gasteiger partial charge is 0.440 e. The van der Waals surface area contributed by atoms with Crippen molar-refractivity contribution >= 4 is 5.97 Å². The minimum atomic E-state index is -1.04. The summed E-state index contributed by atoms with van der Waals surface area (Å²) in [6, 6.07) is 16.9. The van der Waals surface area contributed by atoms with Crippen molar-refractivity contribution in [3.05, 3.63) is 106 Å². The normalized spacial score (nSPS) is 15.0. The van der Waals surface area contributed by atoms with E-state index in [1.807, 2.05) is 19.1 Å². The molecular weight excluding hydrogens is 402 g/mol. The average molecular weight is 418 g/mol. The maximum absolute atomic E-state index is 13.8. The Bertz CT molecular complexity index is 1280. The van der Waals surface area contributed by atoms with E-state index in [0.29, 0.717) is 16.7 Å². The number of hydrogen-bond acceptors (Lipinski definition) is 5. The Labute approximate surface area is 176 Å². The molecule has 0 aliphatic carbocycles. The van der Waals surface area contributed by atoms with E-state index in [0.717, 1.165) is 17.7 Å². The molecule has 7 heteroatoms. The highest BCUT2D eigenvalue weighted by Crippen LogP contribution is 2.43. The van der Waals surface area contributed by atoms with Crippen molar-refractivity contribution in [1.82, 2.24) is 0 Å². The van der Waals surface area contributed by atoms with Crippen molar-refractivity contribution in [2.75, 3.05) is 0 Å². The second-order valence-electron chi connectivity index (χ2n) is 7.06. The van der Waals surface area contributed by atoms with Crippen LogP contribution in [0.25, 0.3) is 0 Å². The molecule has 1 heterocycles. The summed E-state index contributed by atoms with van der Waals surface area (Å²) in [6.07, 6.45) is 0. The maximum Gasteiger partial charge on any atom is 0.343 e. The molecule has 2 N–H and O–H groups in total. The summed E-state index contributed by atoms with van der Waals surface area (Å²) < 4.78 is 38.2. The molecule has 1 aliphatic heterocycles. The van der Waals surface area contributed by atoms with Crippen LogP contribution in [-0.4, -0.2) is 5.97 Å². The zero-order valence-corrected chi connectivity index (χ0v) is 16.4. The molecule has 0 bridgehead atoms. The second-order valence-corrected chi connectivity index (χ2v) is 7.06.